The molecule has 6 atom stereocenters. The lowest BCUT2D eigenvalue weighted by molar-refractivity contribution is -0.0986. The molecule has 0 bridgehead atoms. The minimum Gasteiger partial charge on any atom is -0.387 e. The van der Waals surface area contributed by atoms with Gasteiger partial charge in [0.2, 0.25) is 0 Å². The zero-order chi connectivity index (χ0) is 23.1. The molecule has 0 saturated carbocycles. The number of hydrogen-bond donors (Lipinski definition) is 7. The van der Waals surface area contributed by atoms with E-state index in [9.17, 15) is 33.6 Å². The van der Waals surface area contributed by atoms with Crippen molar-refractivity contribution in [3.63, 3.8) is 0 Å². The Bertz CT molecular complexity index is 1050. The Kier molecular flexibility index (Phi) is 7.46. The molecule has 0 amide bonds. The third-order valence-corrected chi connectivity index (χ3v) is 7.72. The summed E-state index contributed by atoms with van der Waals surface area (Å²) in [4.78, 5) is 49.8. The summed E-state index contributed by atoms with van der Waals surface area (Å²) in [5, 5.41) is 20.7. The lowest BCUT2D eigenvalue weighted by atomic mass is 9.96. The maximum Gasteiger partial charge on any atom is 0.490 e. The molecular formula is C10H17N2O14P3S. The van der Waals surface area contributed by atoms with E-state index in [1.807, 2.05) is 0 Å². The van der Waals surface area contributed by atoms with Crippen LogP contribution >= 0.6 is 35.7 Å². The molecule has 1 aliphatic rings. The summed E-state index contributed by atoms with van der Waals surface area (Å²) < 4.78 is 51.4. The summed E-state index contributed by atoms with van der Waals surface area (Å²) in [7, 11) is -16.8. The Hall–Kier alpha value is -0.610. The first-order valence-electron chi connectivity index (χ1n) is 7.59. The average Bonchev–Trinajstić information content (AvgIpc) is 2.73. The molecule has 2 heterocycles. The largest absolute Gasteiger partial charge is 0.490 e. The second-order valence-corrected chi connectivity index (χ2v) is 11.0. The number of aliphatic hydroxyl groups is 2. The Balaban J connectivity index is 2.13. The van der Waals surface area contributed by atoms with E-state index in [1.54, 1.807) is 0 Å². The summed E-state index contributed by atoms with van der Waals surface area (Å²) in [5.41, 5.74) is -2.90. The summed E-state index contributed by atoms with van der Waals surface area (Å²) in [6.45, 7) is 0.0797. The average molecular weight is 514 g/mol. The first-order valence-corrected chi connectivity index (χ1v) is 12.5. The number of aromatic amines is 1. The van der Waals surface area contributed by atoms with Crippen molar-refractivity contribution in [3.8, 4) is 0 Å². The van der Waals surface area contributed by atoms with Crippen molar-refractivity contribution in [2.45, 2.75) is 31.0 Å². The van der Waals surface area contributed by atoms with Gasteiger partial charge >= 0.3 is 29.2 Å². The molecule has 1 aromatic rings. The lowest BCUT2D eigenvalue weighted by Gasteiger charge is -2.27. The van der Waals surface area contributed by atoms with Gasteiger partial charge in [-0.1, -0.05) is 12.2 Å². The molecule has 1 saturated heterocycles. The maximum atomic E-state index is 12.0. The van der Waals surface area contributed by atoms with Gasteiger partial charge in [0.05, 0.1) is 6.61 Å². The standard InChI is InChI=1S/C10H17N2O14P3S/c1-10(15)7(13)5(24-8(10)12-3-2-6(30)11-9(12)14)4-23-28(19,20)26-29(21,22)25-27(16,17)18/h2-3,5,7-8,13,15H,4H2,1H3,(H,19,20)(H,21,22)(H,11,14,30)(H2,16,17,18)/t5?,7-,8+,10?/m0/s1. The minimum atomic E-state index is -5.72. The van der Waals surface area contributed by atoms with Crippen LogP contribution in [0.4, 0.5) is 0 Å². The van der Waals surface area contributed by atoms with Gasteiger partial charge in [-0.05, 0) is 13.0 Å². The number of aliphatic hydroxyl groups excluding tert-OH is 1. The monoisotopic (exact) mass is 514 g/mol. The summed E-state index contributed by atoms with van der Waals surface area (Å²) in [5.74, 6) is 0. The quantitative estimate of drug-likeness (QED) is 0.167. The second-order valence-electron chi connectivity index (χ2n) is 6.10. The predicted octanol–water partition coefficient (Wildman–Crippen LogP) is -0.742. The summed E-state index contributed by atoms with van der Waals surface area (Å²) in [6.07, 6.45) is -3.67. The van der Waals surface area contributed by atoms with Gasteiger partial charge in [0.15, 0.2) is 6.23 Å². The van der Waals surface area contributed by atoms with E-state index in [0.29, 0.717) is 0 Å². The maximum absolute atomic E-state index is 12.0. The van der Waals surface area contributed by atoms with Crippen molar-refractivity contribution >= 4 is 35.7 Å². The number of phosphoric ester groups is 1. The number of ether oxygens (including phenoxy) is 1. The van der Waals surface area contributed by atoms with E-state index in [2.05, 4.69) is 18.1 Å². The van der Waals surface area contributed by atoms with E-state index < -0.39 is 59.8 Å². The van der Waals surface area contributed by atoms with Crippen LogP contribution in [0.3, 0.4) is 0 Å². The van der Waals surface area contributed by atoms with Gasteiger partial charge < -0.3 is 34.5 Å². The number of rotatable bonds is 8. The molecule has 1 aromatic heterocycles. The highest BCUT2D eigenvalue weighted by Crippen LogP contribution is 2.66. The summed E-state index contributed by atoms with van der Waals surface area (Å²) in [6, 6.07) is 1.29. The van der Waals surface area contributed by atoms with Crippen LogP contribution in [0.25, 0.3) is 0 Å². The Morgan fingerprint density at radius 1 is 1.23 bits per heavy atom. The van der Waals surface area contributed by atoms with Crippen LogP contribution in [0.2, 0.25) is 0 Å². The molecule has 20 heteroatoms. The highest BCUT2D eigenvalue weighted by Gasteiger charge is 2.54. The number of phosphoric acid groups is 3. The van der Waals surface area contributed by atoms with Crippen LogP contribution < -0.4 is 5.69 Å². The molecule has 16 nitrogen and oxygen atoms in total. The van der Waals surface area contributed by atoms with Crippen LogP contribution in [0.1, 0.15) is 13.2 Å². The van der Waals surface area contributed by atoms with Gasteiger partial charge in [-0.3, -0.25) is 14.1 Å². The number of H-pyrrole nitrogens is 1. The third kappa shape index (κ3) is 6.45. The van der Waals surface area contributed by atoms with E-state index in [1.165, 1.54) is 6.07 Å². The third-order valence-electron chi connectivity index (χ3n) is 3.68. The van der Waals surface area contributed by atoms with Gasteiger partial charge in [-0.15, -0.1) is 0 Å². The highest BCUT2D eigenvalue weighted by atomic mass is 32.1. The molecular weight excluding hydrogens is 497 g/mol. The molecule has 0 aliphatic carbocycles. The molecule has 30 heavy (non-hydrogen) atoms. The molecule has 172 valence electrons. The molecule has 0 aromatic carbocycles. The van der Waals surface area contributed by atoms with Crippen molar-refractivity contribution in [3.05, 3.63) is 27.4 Å². The number of hydrogen-bond acceptors (Lipinski definition) is 11. The molecule has 0 spiro atoms. The number of aromatic nitrogens is 2. The van der Waals surface area contributed by atoms with Crippen molar-refractivity contribution in [1.29, 1.82) is 0 Å². The van der Waals surface area contributed by atoms with Crippen molar-refractivity contribution in [2.75, 3.05) is 6.61 Å². The van der Waals surface area contributed by atoms with Crippen LogP contribution in [0, 0.1) is 4.64 Å². The normalized spacial score (nSPS) is 31.2. The van der Waals surface area contributed by atoms with Gasteiger partial charge in [-0.2, -0.15) is 8.62 Å². The first kappa shape index (κ1) is 25.6. The SMILES string of the molecule is CC1(O)[C@@H](O)C(COP(=O)(O)OP(=O)(O)OP(=O)(O)O)O[C@H]1n1ccc(=S)[nH]c1=O. The predicted molar refractivity (Wildman–Crippen MR) is 96.2 cm³/mol. The molecule has 7 N–H and O–H groups in total. The first-order chi connectivity index (χ1) is 13.4. The highest BCUT2D eigenvalue weighted by molar-refractivity contribution is 7.71. The smallest absolute Gasteiger partial charge is 0.387 e. The van der Waals surface area contributed by atoms with E-state index in [4.69, 9.17) is 31.6 Å². The van der Waals surface area contributed by atoms with Crippen molar-refractivity contribution in [1.82, 2.24) is 9.55 Å². The summed E-state index contributed by atoms with van der Waals surface area (Å²) >= 11 is 4.78. The van der Waals surface area contributed by atoms with E-state index in [-0.39, 0.29) is 4.64 Å². The van der Waals surface area contributed by atoms with Crippen LogP contribution in [-0.2, 0) is 31.6 Å². The fraction of sp³-hybridized carbons (Fsp3) is 0.600. The zero-order valence-electron chi connectivity index (χ0n) is 14.7. The molecule has 0 radical (unpaired) electrons. The fourth-order valence-electron chi connectivity index (χ4n) is 2.46. The van der Waals surface area contributed by atoms with Gasteiger partial charge in [0.1, 0.15) is 22.4 Å². The second kappa shape index (κ2) is 8.73. The van der Waals surface area contributed by atoms with Crippen molar-refractivity contribution < 1.29 is 61.4 Å². The van der Waals surface area contributed by atoms with Gasteiger partial charge in [0, 0.05) is 6.20 Å². The minimum absolute atomic E-state index is 0.0821. The molecule has 2 rings (SSSR count). The number of nitrogens with zero attached hydrogens (tertiary/aromatic N) is 1. The van der Waals surface area contributed by atoms with Gasteiger partial charge in [-0.25, -0.2) is 18.5 Å². The van der Waals surface area contributed by atoms with E-state index >= 15 is 0 Å². The van der Waals surface area contributed by atoms with Gasteiger partial charge in [0.25, 0.3) is 0 Å². The zero-order valence-corrected chi connectivity index (χ0v) is 18.2. The lowest BCUT2D eigenvalue weighted by Crippen LogP contribution is -2.46. The topological polar surface area (TPSA) is 247 Å². The van der Waals surface area contributed by atoms with Crippen LogP contribution in [0.15, 0.2) is 17.1 Å². The molecule has 1 fully saturated rings. The number of nitrogens with one attached hydrogen (secondary N) is 1. The van der Waals surface area contributed by atoms with Crippen LogP contribution in [-0.4, -0.2) is 63.8 Å². The van der Waals surface area contributed by atoms with E-state index in [0.717, 1.165) is 17.7 Å². The Labute approximate surface area is 172 Å². The molecule has 4 unspecified atom stereocenters. The Morgan fingerprint density at radius 2 is 1.83 bits per heavy atom. The molecule has 1 aliphatic heterocycles. The van der Waals surface area contributed by atoms with Crippen LogP contribution in [0.5, 0.6) is 0 Å². The fourth-order valence-corrected chi connectivity index (χ4v) is 5.64. The van der Waals surface area contributed by atoms with Crippen molar-refractivity contribution in [2.24, 2.45) is 0 Å². The Morgan fingerprint density at radius 3 is 2.37 bits per heavy atom.